The fraction of sp³-hybridized carbons (Fsp3) is 0.0833. The van der Waals surface area contributed by atoms with E-state index in [0.29, 0.717) is 32.5 Å². The van der Waals surface area contributed by atoms with Crippen LogP contribution in [0.5, 0.6) is 0 Å². The summed E-state index contributed by atoms with van der Waals surface area (Å²) in [5.41, 5.74) is 5.87. The third kappa shape index (κ3) is 1.67. The highest BCUT2D eigenvalue weighted by Crippen LogP contribution is 2.29. The Kier molecular flexibility index (Phi) is 2.38. The SMILES string of the molecule is Cc1ccc(-c2nc(N)c3cc(C=O)sc3n2)o1. The second-order valence-corrected chi connectivity index (χ2v) is 4.89. The van der Waals surface area contributed by atoms with Crippen LogP contribution in [0.3, 0.4) is 0 Å². The molecule has 18 heavy (non-hydrogen) atoms. The van der Waals surface area contributed by atoms with Gasteiger partial charge in [-0.05, 0) is 25.1 Å². The zero-order chi connectivity index (χ0) is 12.7. The molecule has 3 heterocycles. The summed E-state index contributed by atoms with van der Waals surface area (Å²) < 4.78 is 5.46. The normalized spacial score (nSPS) is 10.9. The predicted octanol–water partition coefficient (Wildman–Crippen LogP) is 2.65. The van der Waals surface area contributed by atoms with Gasteiger partial charge < -0.3 is 10.2 Å². The van der Waals surface area contributed by atoms with E-state index in [-0.39, 0.29) is 0 Å². The first-order valence-corrected chi connectivity index (χ1v) is 6.08. The van der Waals surface area contributed by atoms with E-state index in [0.717, 1.165) is 12.0 Å². The van der Waals surface area contributed by atoms with Crippen molar-refractivity contribution in [2.75, 3.05) is 5.73 Å². The first-order valence-electron chi connectivity index (χ1n) is 5.26. The van der Waals surface area contributed by atoms with E-state index in [9.17, 15) is 4.79 Å². The number of nitrogens with zero attached hydrogens (tertiary/aromatic N) is 2. The van der Waals surface area contributed by atoms with Crippen LogP contribution in [0.4, 0.5) is 5.82 Å². The lowest BCUT2D eigenvalue weighted by atomic mass is 10.3. The van der Waals surface area contributed by atoms with Crippen molar-refractivity contribution in [2.45, 2.75) is 6.92 Å². The monoisotopic (exact) mass is 259 g/mol. The van der Waals surface area contributed by atoms with Crippen LogP contribution in [0, 0.1) is 6.92 Å². The maximum absolute atomic E-state index is 10.7. The number of nitrogen functional groups attached to an aromatic ring is 1. The third-order valence-corrected chi connectivity index (χ3v) is 3.47. The summed E-state index contributed by atoms with van der Waals surface area (Å²) in [4.78, 5) is 20.6. The molecule has 0 fully saturated rings. The Hall–Kier alpha value is -2.21. The van der Waals surface area contributed by atoms with Gasteiger partial charge in [0.2, 0.25) is 0 Å². The Morgan fingerprint density at radius 1 is 1.39 bits per heavy atom. The summed E-state index contributed by atoms with van der Waals surface area (Å²) in [7, 11) is 0. The molecule has 90 valence electrons. The summed E-state index contributed by atoms with van der Waals surface area (Å²) in [5, 5.41) is 0.703. The Morgan fingerprint density at radius 2 is 2.22 bits per heavy atom. The molecule has 0 aromatic carbocycles. The summed E-state index contributed by atoms with van der Waals surface area (Å²) in [6.07, 6.45) is 0.780. The van der Waals surface area contributed by atoms with Gasteiger partial charge >= 0.3 is 0 Å². The molecule has 0 unspecified atom stereocenters. The lowest BCUT2D eigenvalue weighted by Gasteiger charge is -1.99. The molecule has 5 nitrogen and oxygen atoms in total. The zero-order valence-corrected chi connectivity index (χ0v) is 10.3. The van der Waals surface area contributed by atoms with Crippen LogP contribution in [0.15, 0.2) is 22.6 Å². The van der Waals surface area contributed by atoms with Crippen molar-refractivity contribution >= 4 is 33.7 Å². The number of thiophene rings is 1. The highest BCUT2D eigenvalue weighted by molar-refractivity contribution is 7.20. The van der Waals surface area contributed by atoms with Gasteiger partial charge in [-0.15, -0.1) is 11.3 Å². The Balaban J connectivity index is 2.23. The molecular weight excluding hydrogens is 250 g/mol. The maximum Gasteiger partial charge on any atom is 0.199 e. The van der Waals surface area contributed by atoms with E-state index in [1.54, 1.807) is 12.1 Å². The molecule has 2 N–H and O–H groups in total. The molecule has 0 saturated heterocycles. The quantitative estimate of drug-likeness (QED) is 0.715. The number of hydrogen-bond acceptors (Lipinski definition) is 6. The van der Waals surface area contributed by atoms with Crippen molar-refractivity contribution in [3.63, 3.8) is 0 Å². The van der Waals surface area contributed by atoms with E-state index < -0.39 is 0 Å². The van der Waals surface area contributed by atoms with Crippen molar-refractivity contribution in [1.29, 1.82) is 0 Å². The second-order valence-electron chi connectivity index (χ2n) is 3.83. The number of carbonyl (C=O) groups is 1. The van der Waals surface area contributed by atoms with Crippen LogP contribution < -0.4 is 5.73 Å². The van der Waals surface area contributed by atoms with Crippen LogP contribution in [0.1, 0.15) is 15.4 Å². The van der Waals surface area contributed by atoms with E-state index in [2.05, 4.69) is 9.97 Å². The molecule has 0 spiro atoms. The van der Waals surface area contributed by atoms with Gasteiger partial charge in [0.15, 0.2) is 17.9 Å². The van der Waals surface area contributed by atoms with Crippen LogP contribution in [-0.4, -0.2) is 16.3 Å². The van der Waals surface area contributed by atoms with Gasteiger partial charge in [-0.1, -0.05) is 0 Å². The second kappa shape index (κ2) is 3.92. The number of rotatable bonds is 2. The molecule has 0 radical (unpaired) electrons. The highest BCUT2D eigenvalue weighted by atomic mass is 32.1. The molecule has 0 aliphatic rings. The predicted molar refractivity (Wildman–Crippen MR) is 69.7 cm³/mol. The molecule has 0 aliphatic carbocycles. The molecule has 0 aliphatic heterocycles. The fourth-order valence-corrected chi connectivity index (χ4v) is 2.54. The largest absolute Gasteiger partial charge is 0.458 e. The van der Waals surface area contributed by atoms with Gasteiger partial charge in [0.1, 0.15) is 16.4 Å². The molecule has 3 aromatic heterocycles. The first-order chi connectivity index (χ1) is 8.67. The number of nitrogens with two attached hydrogens (primary N) is 1. The van der Waals surface area contributed by atoms with Crippen molar-refractivity contribution in [2.24, 2.45) is 0 Å². The summed E-state index contributed by atoms with van der Waals surface area (Å²) in [5.74, 6) is 2.15. The molecule has 0 atom stereocenters. The average Bonchev–Trinajstić information content (AvgIpc) is 2.94. The van der Waals surface area contributed by atoms with Gasteiger partial charge in [-0.3, -0.25) is 4.79 Å². The van der Waals surface area contributed by atoms with Crippen molar-refractivity contribution in [3.8, 4) is 11.6 Å². The Labute approximate surface area is 106 Å². The molecule has 3 rings (SSSR count). The van der Waals surface area contributed by atoms with Gasteiger partial charge in [0.25, 0.3) is 0 Å². The maximum atomic E-state index is 10.7. The smallest absolute Gasteiger partial charge is 0.199 e. The van der Waals surface area contributed by atoms with E-state index >= 15 is 0 Å². The standard InChI is InChI=1S/C12H9N3O2S/c1-6-2-3-9(17-6)11-14-10(13)8-4-7(5-16)18-12(8)15-11/h2-5H,1H3,(H2,13,14,15). The zero-order valence-electron chi connectivity index (χ0n) is 9.51. The van der Waals surface area contributed by atoms with Crippen molar-refractivity contribution < 1.29 is 9.21 Å². The summed E-state index contributed by atoms with van der Waals surface area (Å²) in [6, 6.07) is 5.33. The van der Waals surface area contributed by atoms with Crippen molar-refractivity contribution in [1.82, 2.24) is 9.97 Å². The highest BCUT2D eigenvalue weighted by Gasteiger charge is 2.12. The minimum atomic E-state index is 0.355. The molecule has 0 bridgehead atoms. The molecular formula is C12H9N3O2S. The van der Waals surface area contributed by atoms with Gasteiger partial charge in [0.05, 0.1) is 10.3 Å². The Bertz CT molecular complexity index is 745. The van der Waals surface area contributed by atoms with Gasteiger partial charge in [-0.25, -0.2) is 9.97 Å². The van der Waals surface area contributed by atoms with Crippen LogP contribution in [0.2, 0.25) is 0 Å². The molecule has 6 heteroatoms. The average molecular weight is 259 g/mol. The van der Waals surface area contributed by atoms with Crippen LogP contribution >= 0.6 is 11.3 Å². The number of aryl methyl sites for hydroxylation is 1. The summed E-state index contributed by atoms with van der Waals surface area (Å²) >= 11 is 1.29. The number of hydrogen-bond donors (Lipinski definition) is 1. The minimum absolute atomic E-state index is 0.355. The number of aldehydes is 1. The van der Waals surface area contributed by atoms with E-state index in [1.807, 2.05) is 13.0 Å². The fourth-order valence-electron chi connectivity index (χ4n) is 1.69. The van der Waals surface area contributed by atoms with Gasteiger partial charge in [-0.2, -0.15) is 0 Å². The topological polar surface area (TPSA) is 82.0 Å². The Morgan fingerprint density at radius 3 is 2.89 bits per heavy atom. The summed E-state index contributed by atoms with van der Waals surface area (Å²) in [6.45, 7) is 1.85. The molecule has 3 aromatic rings. The van der Waals surface area contributed by atoms with Crippen LogP contribution in [-0.2, 0) is 0 Å². The number of carbonyl (C=O) groups excluding carboxylic acids is 1. The molecule has 0 amide bonds. The number of anilines is 1. The number of furan rings is 1. The third-order valence-electron chi connectivity index (χ3n) is 2.52. The van der Waals surface area contributed by atoms with Crippen molar-refractivity contribution in [3.05, 3.63) is 28.8 Å². The molecule has 0 saturated carbocycles. The lowest BCUT2D eigenvalue weighted by Crippen LogP contribution is -1.95. The van der Waals surface area contributed by atoms with Gasteiger partial charge in [0, 0.05) is 0 Å². The lowest BCUT2D eigenvalue weighted by molar-refractivity contribution is 0.112. The minimum Gasteiger partial charge on any atom is -0.458 e. The first kappa shape index (κ1) is 10.9. The van der Waals surface area contributed by atoms with E-state index in [1.165, 1.54) is 11.3 Å². The number of fused-ring (bicyclic) bond motifs is 1. The number of aromatic nitrogens is 2. The van der Waals surface area contributed by atoms with E-state index in [4.69, 9.17) is 10.2 Å². The van der Waals surface area contributed by atoms with Crippen LogP contribution in [0.25, 0.3) is 21.8 Å².